The van der Waals surface area contributed by atoms with Gasteiger partial charge in [0.15, 0.2) is 0 Å². The maximum atomic E-state index is 12.4. The molecule has 4 nitrogen and oxygen atoms in total. The van der Waals surface area contributed by atoms with E-state index in [1.54, 1.807) is 0 Å². The molecule has 4 heteroatoms. The number of nitrogens with one attached hydrogen (secondary N) is 1. The highest BCUT2D eigenvalue weighted by Crippen LogP contribution is 2.25. The Morgan fingerprint density at radius 3 is 2.50 bits per heavy atom. The molecule has 1 aliphatic heterocycles. The highest BCUT2D eigenvalue weighted by atomic mass is 16.2. The number of likely N-dealkylation sites (N-methyl/N-ethyl adjacent to an activating group) is 1. The van der Waals surface area contributed by atoms with Crippen LogP contribution < -0.4 is 5.32 Å². The Morgan fingerprint density at radius 2 is 2.00 bits per heavy atom. The summed E-state index contributed by atoms with van der Waals surface area (Å²) in [7, 11) is 4.16. The second-order valence-corrected chi connectivity index (χ2v) is 6.39. The van der Waals surface area contributed by atoms with E-state index in [4.69, 9.17) is 0 Å². The van der Waals surface area contributed by atoms with E-state index >= 15 is 0 Å². The number of carbonyl (C=O) groups excluding carboxylic acids is 1. The molecule has 2 fully saturated rings. The normalized spacial score (nSPS) is 26.4. The van der Waals surface area contributed by atoms with E-state index < -0.39 is 0 Å². The van der Waals surface area contributed by atoms with Gasteiger partial charge in [0.1, 0.15) is 0 Å². The summed E-state index contributed by atoms with van der Waals surface area (Å²) in [6.45, 7) is 6.30. The van der Waals surface area contributed by atoms with Gasteiger partial charge in [0, 0.05) is 25.2 Å². The Bertz CT molecular complexity index is 299. The monoisotopic (exact) mass is 253 g/mol. The number of amides is 1. The fraction of sp³-hybridized carbons (Fsp3) is 0.929. The summed E-state index contributed by atoms with van der Waals surface area (Å²) in [6, 6.07) is 1.05. The van der Waals surface area contributed by atoms with E-state index in [1.807, 2.05) is 0 Å². The summed E-state index contributed by atoms with van der Waals surface area (Å²) in [6.07, 6.45) is 3.47. The summed E-state index contributed by atoms with van der Waals surface area (Å²) >= 11 is 0. The van der Waals surface area contributed by atoms with Gasteiger partial charge >= 0.3 is 0 Å². The van der Waals surface area contributed by atoms with Crippen molar-refractivity contribution in [1.29, 1.82) is 0 Å². The smallest absolute Gasteiger partial charge is 0.240 e. The average molecular weight is 253 g/mol. The SMILES string of the molecule is CC(C)C(CN(C)C)N1CCC(NC2CC2)C1=O. The molecule has 2 atom stereocenters. The van der Waals surface area contributed by atoms with Crippen molar-refractivity contribution in [1.82, 2.24) is 15.1 Å². The average Bonchev–Trinajstić information content (AvgIpc) is 3.02. The van der Waals surface area contributed by atoms with Crippen molar-refractivity contribution in [2.45, 2.75) is 51.2 Å². The van der Waals surface area contributed by atoms with Crippen LogP contribution in [0.1, 0.15) is 33.1 Å². The highest BCUT2D eigenvalue weighted by molar-refractivity contribution is 5.84. The van der Waals surface area contributed by atoms with Crippen LogP contribution >= 0.6 is 0 Å². The third-order valence-corrected chi connectivity index (χ3v) is 3.98. The van der Waals surface area contributed by atoms with Crippen LogP contribution in [0.15, 0.2) is 0 Å². The molecule has 1 amide bonds. The van der Waals surface area contributed by atoms with Crippen LogP contribution in [0, 0.1) is 5.92 Å². The van der Waals surface area contributed by atoms with Crippen LogP contribution in [0.4, 0.5) is 0 Å². The molecule has 1 heterocycles. The summed E-state index contributed by atoms with van der Waals surface area (Å²) in [4.78, 5) is 16.7. The van der Waals surface area contributed by atoms with Crippen LogP contribution in [0.5, 0.6) is 0 Å². The first-order chi connectivity index (χ1) is 8.49. The largest absolute Gasteiger partial charge is 0.337 e. The number of nitrogens with zero attached hydrogens (tertiary/aromatic N) is 2. The number of hydrogen-bond donors (Lipinski definition) is 1. The maximum absolute atomic E-state index is 12.4. The number of likely N-dealkylation sites (tertiary alicyclic amines) is 1. The van der Waals surface area contributed by atoms with Gasteiger partial charge in [-0.05, 0) is 39.3 Å². The van der Waals surface area contributed by atoms with Gasteiger partial charge in [0.2, 0.25) is 5.91 Å². The summed E-state index contributed by atoms with van der Waals surface area (Å²) in [5, 5.41) is 3.47. The fourth-order valence-corrected chi connectivity index (χ4v) is 2.76. The second kappa shape index (κ2) is 5.57. The van der Waals surface area contributed by atoms with Crippen molar-refractivity contribution in [3.63, 3.8) is 0 Å². The maximum Gasteiger partial charge on any atom is 0.240 e. The summed E-state index contributed by atoms with van der Waals surface area (Å²) in [5.74, 6) is 0.832. The van der Waals surface area contributed by atoms with E-state index in [-0.39, 0.29) is 6.04 Å². The van der Waals surface area contributed by atoms with Crippen molar-refractivity contribution in [3.05, 3.63) is 0 Å². The molecule has 18 heavy (non-hydrogen) atoms. The van der Waals surface area contributed by atoms with E-state index in [1.165, 1.54) is 12.8 Å². The molecule has 2 unspecified atom stereocenters. The molecule has 0 spiro atoms. The minimum atomic E-state index is 0.0842. The highest BCUT2D eigenvalue weighted by Gasteiger charge is 2.39. The topological polar surface area (TPSA) is 35.6 Å². The van der Waals surface area contributed by atoms with E-state index in [9.17, 15) is 4.79 Å². The summed E-state index contributed by atoms with van der Waals surface area (Å²) in [5.41, 5.74) is 0. The first-order valence-electron chi connectivity index (χ1n) is 7.20. The Hall–Kier alpha value is -0.610. The predicted molar refractivity (Wildman–Crippen MR) is 73.5 cm³/mol. The lowest BCUT2D eigenvalue weighted by atomic mass is 10.0. The minimum Gasteiger partial charge on any atom is -0.337 e. The number of carbonyl (C=O) groups is 1. The van der Waals surface area contributed by atoms with Gasteiger partial charge in [-0.25, -0.2) is 0 Å². The Kier molecular flexibility index (Phi) is 4.28. The van der Waals surface area contributed by atoms with E-state index in [2.05, 4.69) is 43.1 Å². The zero-order chi connectivity index (χ0) is 13.3. The van der Waals surface area contributed by atoms with Gasteiger partial charge in [-0.1, -0.05) is 13.8 Å². The van der Waals surface area contributed by atoms with Gasteiger partial charge in [0.05, 0.1) is 6.04 Å². The van der Waals surface area contributed by atoms with E-state index in [0.717, 1.165) is 19.5 Å². The quantitative estimate of drug-likeness (QED) is 0.765. The van der Waals surface area contributed by atoms with Gasteiger partial charge < -0.3 is 15.1 Å². The van der Waals surface area contributed by atoms with Crippen molar-refractivity contribution < 1.29 is 4.79 Å². The number of hydrogen-bond acceptors (Lipinski definition) is 3. The molecule has 0 aromatic rings. The van der Waals surface area contributed by atoms with Gasteiger partial charge in [-0.2, -0.15) is 0 Å². The van der Waals surface area contributed by atoms with Gasteiger partial charge in [-0.3, -0.25) is 4.79 Å². The lowest BCUT2D eigenvalue weighted by Crippen LogP contribution is -2.49. The standard InChI is InChI=1S/C14H27N3O/c1-10(2)13(9-16(3)4)17-8-7-12(14(17)18)15-11-5-6-11/h10-13,15H,5-9H2,1-4H3. The van der Waals surface area contributed by atoms with Crippen LogP contribution in [-0.2, 0) is 4.79 Å². The Balaban J connectivity index is 1.95. The molecule has 1 saturated heterocycles. The molecule has 0 radical (unpaired) electrons. The Labute approximate surface area is 111 Å². The molecule has 0 aromatic heterocycles. The van der Waals surface area contributed by atoms with Crippen LogP contribution in [0.25, 0.3) is 0 Å². The molecule has 2 rings (SSSR count). The van der Waals surface area contributed by atoms with Crippen LogP contribution in [-0.4, -0.2) is 61.0 Å². The molecule has 2 aliphatic rings. The van der Waals surface area contributed by atoms with Gasteiger partial charge in [0.25, 0.3) is 0 Å². The zero-order valence-electron chi connectivity index (χ0n) is 12.1. The molecule has 0 aromatic carbocycles. The van der Waals surface area contributed by atoms with Crippen molar-refractivity contribution in [3.8, 4) is 0 Å². The first kappa shape index (κ1) is 13.8. The third-order valence-electron chi connectivity index (χ3n) is 3.98. The molecule has 0 bridgehead atoms. The molecule has 1 N–H and O–H groups in total. The van der Waals surface area contributed by atoms with Crippen LogP contribution in [0.3, 0.4) is 0 Å². The number of rotatable bonds is 6. The molecule has 1 saturated carbocycles. The van der Waals surface area contributed by atoms with E-state index in [0.29, 0.717) is 23.9 Å². The molecule has 1 aliphatic carbocycles. The Morgan fingerprint density at radius 1 is 1.33 bits per heavy atom. The second-order valence-electron chi connectivity index (χ2n) is 6.39. The molecule has 104 valence electrons. The predicted octanol–water partition coefficient (Wildman–Crippen LogP) is 0.925. The molecular weight excluding hydrogens is 226 g/mol. The lowest BCUT2D eigenvalue weighted by molar-refractivity contribution is -0.132. The lowest BCUT2D eigenvalue weighted by Gasteiger charge is -2.33. The summed E-state index contributed by atoms with van der Waals surface area (Å²) < 4.78 is 0. The molecular formula is C14H27N3O. The zero-order valence-corrected chi connectivity index (χ0v) is 12.1. The third kappa shape index (κ3) is 3.23. The van der Waals surface area contributed by atoms with Gasteiger partial charge in [-0.15, -0.1) is 0 Å². The minimum absolute atomic E-state index is 0.0842. The first-order valence-corrected chi connectivity index (χ1v) is 7.20. The van der Waals surface area contributed by atoms with Crippen molar-refractivity contribution >= 4 is 5.91 Å². The van der Waals surface area contributed by atoms with Crippen molar-refractivity contribution in [2.24, 2.45) is 5.92 Å². The van der Waals surface area contributed by atoms with Crippen molar-refractivity contribution in [2.75, 3.05) is 27.2 Å². The fourth-order valence-electron chi connectivity index (χ4n) is 2.76. The van der Waals surface area contributed by atoms with Crippen LogP contribution in [0.2, 0.25) is 0 Å².